The average Bonchev–Trinajstić information content (AvgIpc) is 3.25. The smallest absolute Gasteiger partial charge is 0.490 e. The van der Waals surface area contributed by atoms with Crippen LogP contribution in [0, 0.1) is 0 Å². The summed E-state index contributed by atoms with van der Waals surface area (Å²) in [5.74, 6) is 0.972. The summed E-state index contributed by atoms with van der Waals surface area (Å²) in [6.07, 6.45) is -3.42. The Kier molecular flexibility index (Phi) is 7.99. The van der Waals surface area contributed by atoms with Crippen molar-refractivity contribution < 1.29 is 37.3 Å². The number of ether oxygens (including phenoxy) is 3. The van der Waals surface area contributed by atoms with Crippen molar-refractivity contribution >= 4 is 40.1 Å². The summed E-state index contributed by atoms with van der Waals surface area (Å²) in [6, 6.07) is 13.0. The lowest BCUT2D eigenvalue weighted by Crippen LogP contribution is -2.21. The lowest BCUT2D eigenvalue weighted by Gasteiger charge is -2.11. The van der Waals surface area contributed by atoms with E-state index in [9.17, 15) is 13.2 Å². The number of nitrogens with one attached hydrogen (secondary N) is 3. The molecule has 0 atom stereocenters. The predicted octanol–water partition coefficient (Wildman–Crippen LogP) is 4.50. The third-order valence-corrected chi connectivity index (χ3v) is 4.55. The van der Waals surface area contributed by atoms with Gasteiger partial charge in [-0.3, -0.25) is 5.10 Å². The first kappa shape index (κ1) is 25.9. The Balaban J connectivity index is 0.000000454. The van der Waals surface area contributed by atoms with Crippen molar-refractivity contribution in [2.75, 3.05) is 32.0 Å². The number of hydrogen-bond acceptors (Lipinski definition) is 9. The van der Waals surface area contributed by atoms with Crippen LogP contribution < -0.4 is 24.8 Å². The number of aliphatic carboxylic acids is 1. The van der Waals surface area contributed by atoms with Crippen molar-refractivity contribution in [2.45, 2.75) is 6.18 Å². The van der Waals surface area contributed by atoms with Gasteiger partial charge in [0.15, 0.2) is 17.3 Å². The third kappa shape index (κ3) is 6.43. The van der Waals surface area contributed by atoms with E-state index in [1.54, 1.807) is 33.6 Å². The van der Waals surface area contributed by atoms with E-state index in [4.69, 9.17) is 24.1 Å². The Hall–Kier alpha value is -4.75. The van der Waals surface area contributed by atoms with Gasteiger partial charge in [0.25, 0.3) is 0 Å². The van der Waals surface area contributed by atoms with Crippen LogP contribution in [0.2, 0.25) is 0 Å². The molecule has 190 valence electrons. The van der Waals surface area contributed by atoms with Crippen molar-refractivity contribution in [2.24, 2.45) is 0 Å². The summed E-state index contributed by atoms with van der Waals surface area (Å²) in [6.45, 7) is 0. The van der Waals surface area contributed by atoms with Gasteiger partial charge in [-0.1, -0.05) is 0 Å². The van der Waals surface area contributed by atoms with E-state index in [0.717, 1.165) is 22.3 Å². The maximum atomic E-state index is 10.6. The summed E-state index contributed by atoms with van der Waals surface area (Å²) in [5, 5.41) is 21.7. The van der Waals surface area contributed by atoms with Gasteiger partial charge in [-0.25, -0.2) is 9.78 Å². The van der Waals surface area contributed by atoms with E-state index in [0.29, 0.717) is 29.1 Å². The molecule has 0 spiro atoms. The molecule has 4 N–H and O–H groups in total. The van der Waals surface area contributed by atoms with E-state index in [2.05, 4.69) is 30.8 Å². The fraction of sp³-hybridized carbons (Fsp3) is 0.182. The monoisotopic (exact) mass is 506 g/mol. The van der Waals surface area contributed by atoms with E-state index in [-0.39, 0.29) is 0 Å². The quantitative estimate of drug-likeness (QED) is 0.283. The van der Waals surface area contributed by atoms with Gasteiger partial charge in [-0.05, 0) is 30.3 Å². The second-order valence-corrected chi connectivity index (χ2v) is 6.87. The first-order valence-electron chi connectivity index (χ1n) is 10.1. The fourth-order valence-corrected chi connectivity index (χ4v) is 2.87. The van der Waals surface area contributed by atoms with Crippen molar-refractivity contribution in [3.8, 4) is 17.2 Å². The van der Waals surface area contributed by atoms with Crippen LogP contribution in [0.25, 0.3) is 10.9 Å². The molecule has 0 saturated heterocycles. The number of aromatic amines is 1. The predicted molar refractivity (Wildman–Crippen MR) is 124 cm³/mol. The Morgan fingerprint density at radius 3 is 2.33 bits per heavy atom. The molecular formula is C22H21F3N6O5. The lowest BCUT2D eigenvalue weighted by molar-refractivity contribution is -0.192. The zero-order valence-electron chi connectivity index (χ0n) is 19.2. The van der Waals surface area contributed by atoms with Gasteiger partial charge < -0.3 is 30.0 Å². The van der Waals surface area contributed by atoms with Gasteiger partial charge >= 0.3 is 12.1 Å². The minimum absolute atomic E-state index is 0.434. The molecule has 0 radical (unpaired) electrons. The number of aromatic nitrogens is 4. The normalized spacial score (nSPS) is 10.7. The van der Waals surface area contributed by atoms with E-state index in [1.807, 2.05) is 36.4 Å². The molecular weight excluding hydrogens is 485 g/mol. The van der Waals surface area contributed by atoms with Gasteiger partial charge in [0.2, 0.25) is 5.95 Å². The van der Waals surface area contributed by atoms with Crippen LogP contribution >= 0.6 is 0 Å². The number of halogens is 3. The van der Waals surface area contributed by atoms with Crippen LogP contribution in [-0.4, -0.2) is 58.7 Å². The summed E-state index contributed by atoms with van der Waals surface area (Å²) >= 11 is 0. The highest BCUT2D eigenvalue weighted by atomic mass is 19.4. The van der Waals surface area contributed by atoms with Gasteiger partial charge in [-0.2, -0.15) is 23.3 Å². The van der Waals surface area contributed by atoms with Crippen LogP contribution in [0.15, 0.2) is 48.7 Å². The van der Waals surface area contributed by atoms with Gasteiger partial charge in [0.1, 0.15) is 11.6 Å². The van der Waals surface area contributed by atoms with Crippen LogP contribution in [0.4, 0.5) is 36.4 Å². The first-order valence-corrected chi connectivity index (χ1v) is 10.1. The topological polar surface area (TPSA) is 144 Å². The van der Waals surface area contributed by atoms with Gasteiger partial charge in [-0.15, -0.1) is 0 Å². The Morgan fingerprint density at radius 2 is 1.69 bits per heavy atom. The molecule has 0 aliphatic rings. The molecule has 2 heterocycles. The molecule has 0 aliphatic heterocycles. The highest BCUT2D eigenvalue weighted by Crippen LogP contribution is 2.31. The average molecular weight is 506 g/mol. The molecule has 4 rings (SSSR count). The van der Waals surface area contributed by atoms with E-state index in [1.165, 1.54) is 0 Å². The summed E-state index contributed by atoms with van der Waals surface area (Å²) in [4.78, 5) is 17.7. The Labute approximate surface area is 202 Å². The number of anilines is 4. The first-order chi connectivity index (χ1) is 17.1. The number of carboxylic acids is 1. The minimum Gasteiger partial charge on any atom is -0.497 e. The zero-order valence-corrected chi connectivity index (χ0v) is 19.2. The summed E-state index contributed by atoms with van der Waals surface area (Å²) < 4.78 is 47.6. The Bertz CT molecular complexity index is 1350. The molecule has 0 saturated carbocycles. The molecule has 0 amide bonds. The van der Waals surface area contributed by atoms with Crippen molar-refractivity contribution in [1.29, 1.82) is 0 Å². The molecule has 0 unspecified atom stereocenters. The lowest BCUT2D eigenvalue weighted by atomic mass is 10.2. The molecule has 2 aromatic carbocycles. The number of carboxylic acid groups (broad SMARTS) is 1. The molecule has 36 heavy (non-hydrogen) atoms. The molecule has 0 fully saturated rings. The maximum absolute atomic E-state index is 10.6. The van der Waals surface area contributed by atoms with Crippen LogP contribution in [-0.2, 0) is 4.79 Å². The van der Waals surface area contributed by atoms with Gasteiger partial charge in [0.05, 0.1) is 26.8 Å². The number of hydrogen-bond donors (Lipinski definition) is 4. The number of benzene rings is 2. The number of carbonyl (C=O) groups is 1. The summed E-state index contributed by atoms with van der Waals surface area (Å²) in [7, 11) is 4.81. The molecule has 2 aromatic heterocycles. The molecule has 11 nitrogen and oxygen atoms in total. The second-order valence-electron chi connectivity index (χ2n) is 6.87. The minimum atomic E-state index is -5.08. The van der Waals surface area contributed by atoms with Crippen molar-refractivity contribution in [3.05, 3.63) is 48.7 Å². The van der Waals surface area contributed by atoms with Gasteiger partial charge in [0, 0.05) is 29.4 Å². The third-order valence-electron chi connectivity index (χ3n) is 4.55. The van der Waals surface area contributed by atoms with Crippen LogP contribution in [0.1, 0.15) is 0 Å². The Morgan fingerprint density at radius 1 is 0.972 bits per heavy atom. The number of nitrogens with zero attached hydrogens (tertiary/aromatic N) is 3. The zero-order chi connectivity index (χ0) is 26.3. The standard InChI is InChI=1S/C20H20N6O3.C2HF3O2/c1-27-13-5-6-14-15(11-13)25-26-19(14)23-18-8-9-21-20(24-18)22-12-4-7-16(28-2)17(10-12)29-3;3-2(4,5)1(6)7/h4-11H,1-3H3,(H3,21,22,23,24,25,26);(H,6,7). The largest absolute Gasteiger partial charge is 0.497 e. The second kappa shape index (κ2) is 11.1. The SMILES string of the molecule is COc1ccc2c(Nc3ccnc(Nc4ccc(OC)c(OC)c4)n3)n[nH]c2c1.O=C(O)C(F)(F)F. The number of H-pyrrole nitrogens is 1. The van der Waals surface area contributed by atoms with Crippen molar-refractivity contribution in [3.63, 3.8) is 0 Å². The number of alkyl halides is 3. The van der Waals surface area contributed by atoms with E-state index >= 15 is 0 Å². The molecule has 4 aromatic rings. The number of fused-ring (bicyclic) bond motifs is 1. The molecule has 0 bridgehead atoms. The molecule has 14 heteroatoms. The van der Waals surface area contributed by atoms with E-state index < -0.39 is 12.1 Å². The highest BCUT2D eigenvalue weighted by molar-refractivity contribution is 5.92. The fourth-order valence-electron chi connectivity index (χ4n) is 2.87. The molecule has 0 aliphatic carbocycles. The van der Waals surface area contributed by atoms with Crippen LogP contribution in [0.3, 0.4) is 0 Å². The summed E-state index contributed by atoms with van der Waals surface area (Å²) in [5.41, 5.74) is 1.64. The number of methoxy groups -OCH3 is 3. The maximum Gasteiger partial charge on any atom is 0.490 e. The van der Waals surface area contributed by atoms with Crippen LogP contribution in [0.5, 0.6) is 17.2 Å². The van der Waals surface area contributed by atoms with Crippen molar-refractivity contribution in [1.82, 2.24) is 20.2 Å². The number of rotatable bonds is 7. The highest BCUT2D eigenvalue weighted by Gasteiger charge is 2.38.